The molecule has 2 aromatic rings. The molecular formula is C18H22ClN3O3S2. The summed E-state index contributed by atoms with van der Waals surface area (Å²) in [5.41, 5.74) is 1.77. The summed E-state index contributed by atoms with van der Waals surface area (Å²) < 4.78 is 27.9. The Bertz CT molecular complexity index is 935. The Kier molecular flexibility index (Phi) is 6.10. The van der Waals surface area contributed by atoms with Crippen LogP contribution in [0.2, 0.25) is 4.34 Å². The van der Waals surface area contributed by atoms with Crippen LogP contribution in [0.15, 0.2) is 35.2 Å². The molecule has 1 aromatic carbocycles. The second-order valence-electron chi connectivity index (χ2n) is 6.52. The maximum atomic E-state index is 12.9. The first kappa shape index (κ1) is 20.1. The summed E-state index contributed by atoms with van der Waals surface area (Å²) in [5.74, 6) is 0. The lowest BCUT2D eigenvalue weighted by Crippen LogP contribution is -2.53. The lowest BCUT2D eigenvalue weighted by Gasteiger charge is -2.34. The first-order chi connectivity index (χ1) is 12.8. The van der Waals surface area contributed by atoms with Crippen LogP contribution in [0.3, 0.4) is 0 Å². The zero-order chi connectivity index (χ0) is 19.6. The van der Waals surface area contributed by atoms with Crippen molar-refractivity contribution in [2.24, 2.45) is 0 Å². The van der Waals surface area contributed by atoms with E-state index < -0.39 is 10.0 Å². The second kappa shape index (κ2) is 8.18. The van der Waals surface area contributed by atoms with Crippen LogP contribution >= 0.6 is 22.9 Å². The van der Waals surface area contributed by atoms with E-state index >= 15 is 0 Å². The van der Waals surface area contributed by atoms with Crippen molar-refractivity contribution < 1.29 is 13.2 Å². The number of thiophene rings is 1. The van der Waals surface area contributed by atoms with E-state index in [-0.39, 0.29) is 19.1 Å². The summed E-state index contributed by atoms with van der Waals surface area (Å²) in [6.45, 7) is 5.45. The molecule has 0 aliphatic carbocycles. The zero-order valence-electron chi connectivity index (χ0n) is 15.2. The molecule has 0 unspecified atom stereocenters. The van der Waals surface area contributed by atoms with E-state index in [0.717, 1.165) is 16.0 Å². The number of rotatable bonds is 4. The molecule has 0 atom stereocenters. The molecule has 1 aromatic heterocycles. The van der Waals surface area contributed by atoms with E-state index in [2.05, 4.69) is 5.32 Å². The number of urea groups is 1. The van der Waals surface area contributed by atoms with Crippen LogP contribution in [0.5, 0.6) is 0 Å². The minimum Gasteiger partial charge on any atom is -0.333 e. The number of hydrogen-bond donors (Lipinski definition) is 1. The molecule has 3 rings (SSSR count). The summed E-state index contributed by atoms with van der Waals surface area (Å²) in [7, 11) is -3.55. The van der Waals surface area contributed by atoms with Crippen molar-refractivity contribution in [2.45, 2.75) is 25.3 Å². The Morgan fingerprint density at radius 2 is 1.85 bits per heavy atom. The highest BCUT2D eigenvalue weighted by Gasteiger charge is 2.31. The van der Waals surface area contributed by atoms with Gasteiger partial charge in [0.15, 0.2) is 0 Å². The Morgan fingerprint density at radius 1 is 1.15 bits per heavy atom. The average molecular weight is 428 g/mol. The Balaban J connectivity index is 1.58. The van der Waals surface area contributed by atoms with Crippen LogP contribution in [0.4, 0.5) is 4.79 Å². The number of amides is 2. The monoisotopic (exact) mass is 427 g/mol. The van der Waals surface area contributed by atoms with Gasteiger partial charge in [0.1, 0.15) is 0 Å². The highest BCUT2D eigenvalue weighted by molar-refractivity contribution is 7.89. The number of piperazine rings is 1. The fourth-order valence-corrected chi connectivity index (χ4v) is 5.74. The van der Waals surface area contributed by atoms with E-state index in [1.54, 1.807) is 30.0 Å². The number of halogens is 1. The lowest BCUT2D eigenvalue weighted by molar-refractivity contribution is 0.172. The number of aryl methyl sites for hydroxylation is 2. The summed E-state index contributed by atoms with van der Waals surface area (Å²) in [6.07, 6.45) is 0. The summed E-state index contributed by atoms with van der Waals surface area (Å²) in [4.78, 5) is 15.3. The highest BCUT2D eigenvalue weighted by atomic mass is 35.5. The third-order valence-electron chi connectivity index (χ3n) is 4.52. The van der Waals surface area contributed by atoms with Gasteiger partial charge in [-0.15, -0.1) is 11.3 Å². The normalized spacial score (nSPS) is 15.7. The first-order valence-electron chi connectivity index (χ1n) is 8.62. The molecule has 1 aliphatic rings. The number of carbonyl (C=O) groups is 1. The molecule has 2 heterocycles. The lowest BCUT2D eigenvalue weighted by atomic mass is 10.2. The van der Waals surface area contributed by atoms with Gasteiger partial charge in [-0.05, 0) is 37.6 Å². The van der Waals surface area contributed by atoms with E-state index in [1.165, 1.54) is 15.6 Å². The molecule has 1 fully saturated rings. The van der Waals surface area contributed by atoms with E-state index in [1.807, 2.05) is 19.1 Å². The van der Waals surface area contributed by atoms with Gasteiger partial charge in [-0.2, -0.15) is 4.31 Å². The number of sulfonamides is 1. The van der Waals surface area contributed by atoms with Crippen molar-refractivity contribution in [1.82, 2.24) is 14.5 Å². The third-order valence-corrected chi connectivity index (χ3v) is 7.81. The van der Waals surface area contributed by atoms with Gasteiger partial charge < -0.3 is 10.2 Å². The predicted octanol–water partition coefficient (Wildman–Crippen LogP) is 3.23. The van der Waals surface area contributed by atoms with Crippen LogP contribution in [0, 0.1) is 13.8 Å². The molecule has 6 nitrogen and oxygen atoms in total. The van der Waals surface area contributed by atoms with Crippen LogP contribution < -0.4 is 5.32 Å². The summed E-state index contributed by atoms with van der Waals surface area (Å²) in [6, 6.07) is 8.81. The SMILES string of the molecule is Cc1ccc(S(=O)(=O)N2CCN(C(=O)NCc3ccc(Cl)s3)CC2)c(C)c1. The summed E-state index contributed by atoms with van der Waals surface area (Å²) in [5, 5.41) is 2.85. The van der Waals surface area contributed by atoms with Crippen molar-refractivity contribution in [3.63, 3.8) is 0 Å². The topological polar surface area (TPSA) is 69.7 Å². The van der Waals surface area contributed by atoms with Crippen molar-refractivity contribution in [2.75, 3.05) is 26.2 Å². The van der Waals surface area contributed by atoms with E-state index in [0.29, 0.717) is 28.9 Å². The standard InChI is InChI=1S/C18H22ClN3O3S2/c1-13-3-5-16(14(2)11-13)27(24,25)22-9-7-21(8-10-22)18(23)20-12-15-4-6-17(19)26-15/h3-6,11H,7-10,12H2,1-2H3,(H,20,23). The zero-order valence-corrected chi connectivity index (χ0v) is 17.6. The second-order valence-corrected chi connectivity index (χ2v) is 10.2. The number of hydrogen-bond acceptors (Lipinski definition) is 4. The Morgan fingerprint density at radius 3 is 2.44 bits per heavy atom. The fraction of sp³-hybridized carbons (Fsp3) is 0.389. The number of nitrogens with one attached hydrogen (secondary N) is 1. The maximum Gasteiger partial charge on any atom is 0.317 e. The molecule has 1 N–H and O–H groups in total. The third kappa shape index (κ3) is 4.63. The molecule has 146 valence electrons. The maximum absolute atomic E-state index is 12.9. The number of carbonyl (C=O) groups excluding carboxylic acids is 1. The van der Waals surface area contributed by atoms with Crippen LogP contribution in [0.1, 0.15) is 16.0 Å². The number of benzene rings is 1. The molecule has 0 bridgehead atoms. The Hall–Kier alpha value is -1.61. The molecule has 9 heteroatoms. The van der Waals surface area contributed by atoms with Crippen LogP contribution in [-0.2, 0) is 16.6 Å². The Labute approximate surface area is 168 Å². The molecule has 1 saturated heterocycles. The molecule has 2 amide bonds. The van der Waals surface area contributed by atoms with Gasteiger partial charge in [0.25, 0.3) is 0 Å². The van der Waals surface area contributed by atoms with E-state index in [4.69, 9.17) is 11.6 Å². The minimum atomic E-state index is -3.55. The van der Waals surface area contributed by atoms with Gasteiger partial charge >= 0.3 is 6.03 Å². The van der Waals surface area contributed by atoms with Crippen molar-refractivity contribution >= 4 is 39.0 Å². The van der Waals surface area contributed by atoms with E-state index in [9.17, 15) is 13.2 Å². The molecule has 27 heavy (non-hydrogen) atoms. The minimum absolute atomic E-state index is 0.192. The van der Waals surface area contributed by atoms with Gasteiger partial charge in [0, 0.05) is 31.1 Å². The van der Waals surface area contributed by atoms with Crippen molar-refractivity contribution in [1.29, 1.82) is 0 Å². The first-order valence-corrected chi connectivity index (χ1v) is 11.3. The molecule has 0 radical (unpaired) electrons. The number of nitrogens with zero attached hydrogens (tertiary/aromatic N) is 2. The van der Waals surface area contributed by atoms with Crippen LogP contribution in [0.25, 0.3) is 0 Å². The van der Waals surface area contributed by atoms with Crippen molar-refractivity contribution in [3.05, 3.63) is 50.7 Å². The summed E-state index contributed by atoms with van der Waals surface area (Å²) >= 11 is 7.31. The largest absolute Gasteiger partial charge is 0.333 e. The van der Waals surface area contributed by atoms with Crippen molar-refractivity contribution in [3.8, 4) is 0 Å². The average Bonchev–Trinajstić information content (AvgIpc) is 3.05. The molecule has 1 aliphatic heterocycles. The molecular weight excluding hydrogens is 406 g/mol. The smallest absolute Gasteiger partial charge is 0.317 e. The van der Waals surface area contributed by atoms with Gasteiger partial charge in [-0.1, -0.05) is 29.3 Å². The van der Waals surface area contributed by atoms with Gasteiger partial charge in [-0.3, -0.25) is 0 Å². The van der Waals surface area contributed by atoms with Crippen LogP contribution in [-0.4, -0.2) is 49.8 Å². The highest BCUT2D eigenvalue weighted by Crippen LogP contribution is 2.23. The molecule has 0 spiro atoms. The van der Waals surface area contributed by atoms with Gasteiger partial charge in [0.2, 0.25) is 10.0 Å². The fourth-order valence-electron chi connectivity index (χ4n) is 3.08. The quantitative estimate of drug-likeness (QED) is 0.814. The predicted molar refractivity (Wildman–Crippen MR) is 108 cm³/mol. The van der Waals surface area contributed by atoms with Gasteiger partial charge in [-0.25, -0.2) is 13.2 Å². The molecule has 0 saturated carbocycles. The van der Waals surface area contributed by atoms with Gasteiger partial charge in [0.05, 0.1) is 15.8 Å².